The van der Waals surface area contributed by atoms with Crippen LogP contribution >= 0.6 is 11.8 Å². The molecule has 24 heavy (non-hydrogen) atoms. The van der Waals surface area contributed by atoms with Crippen LogP contribution in [-0.4, -0.2) is 50.7 Å². The number of nitrogens with zero attached hydrogens (tertiary/aromatic N) is 1. The molecular formula is C16H23N3O3S2. The summed E-state index contributed by atoms with van der Waals surface area (Å²) < 4.78 is 25.7. The van der Waals surface area contributed by atoms with Crippen molar-refractivity contribution in [3.8, 4) is 0 Å². The zero-order valence-corrected chi connectivity index (χ0v) is 15.4. The molecule has 1 amide bonds. The normalized spacial score (nSPS) is 23.2. The van der Waals surface area contributed by atoms with E-state index in [-0.39, 0.29) is 17.7 Å². The summed E-state index contributed by atoms with van der Waals surface area (Å²) in [6, 6.07) is 5.64. The average Bonchev–Trinajstić information content (AvgIpc) is 2.89. The number of hydrogen-bond donors (Lipinski definition) is 2. The first-order chi connectivity index (χ1) is 11.5. The van der Waals surface area contributed by atoms with Crippen molar-refractivity contribution in [2.24, 2.45) is 0 Å². The van der Waals surface area contributed by atoms with E-state index < -0.39 is 10.0 Å². The van der Waals surface area contributed by atoms with Gasteiger partial charge in [-0.25, -0.2) is 8.42 Å². The molecule has 2 aliphatic rings. The summed E-state index contributed by atoms with van der Waals surface area (Å²) in [5.41, 5.74) is 2.20. The fraction of sp³-hybridized carbons (Fsp3) is 0.562. The summed E-state index contributed by atoms with van der Waals surface area (Å²) in [6.45, 7) is 3.33. The molecule has 2 saturated heterocycles. The molecule has 2 aliphatic heterocycles. The van der Waals surface area contributed by atoms with Gasteiger partial charge in [-0.1, -0.05) is 6.07 Å². The van der Waals surface area contributed by atoms with Gasteiger partial charge in [-0.2, -0.15) is 11.8 Å². The van der Waals surface area contributed by atoms with Gasteiger partial charge in [0.05, 0.1) is 11.4 Å². The van der Waals surface area contributed by atoms with Crippen molar-refractivity contribution in [2.45, 2.75) is 25.8 Å². The molecule has 3 rings (SSSR count). The highest BCUT2D eigenvalue weighted by atomic mass is 32.2. The first-order valence-corrected chi connectivity index (χ1v) is 10.9. The lowest BCUT2D eigenvalue weighted by Crippen LogP contribution is -2.39. The fourth-order valence-corrected chi connectivity index (χ4v) is 5.62. The zero-order valence-electron chi connectivity index (χ0n) is 13.7. The van der Waals surface area contributed by atoms with Crippen molar-refractivity contribution in [1.82, 2.24) is 5.32 Å². The van der Waals surface area contributed by atoms with Crippen LogP contribution in [0.2, 0.25) is 0 Å². The molecule has 0 radical (unpaired) electrons. The molecule has 0 spiro atoms. The van der Waals surface area contributed by atoms with Crippen LogP contribution < -0.4 is 14.9 Å². The average molecular weight is 370 g/mol. The Balaban J connectivity index is 1.70. The smallest absolute Gasteiger partial charge is 0.235 e. The topological polar surface area (TPSA) is 78.5 Å². The quantitative estimate of drug-likeness (QED) is 0.842. The first-order valence-electron chi connectivity index (χ1n) is 8.18. The van der Waals surface area contributed by atoms with Crippen LogP contribution in [0, 0.1) is 6.92 Å². The molecule has 1 aromatic carbocycles. The zero-order chi connectivity index (χ0) is 17.2. The maximum absolute atomic E-state index is 12.2. The number of nitrogens with one attached hydrogen (secondary N) is 2. The summed E-state index contributed by atoms with van der Waals surface area (Å²) >= 11 is 1.86. The lowest BCUT2D eigenvalue weighted by atomic mass is 10.1. The molecule has 2 heterocycles. The third-order valence-electron chi connectivity index (χ3n) is 4.29. The van der Waals surface area contributed by atoms with Gasteiger partial charge in [0.2, 0.25) is 15.9 Å². The van der Waals surface area contributed by atoms with Crippen molar-refractivity contribution >= 4 is 39.1 Å². The molecule has 0 saturated carbocycles. The van der Waals surface area contributed by atoms with Gasteiger partial charge in [0.15, 0.2) is 0 Å². The Morgan fingerprint density at radius 3 is 2.96 bits per heavy atom. The first kappa shape index (κ1) is 17.6. The Labute approximate surface area is 147 Å². The second-order valence-corrected chi connectivity index (χ2v) is 9.38. The molecule has 0 aromatic heterocycles. The highest BCUT2D eigenvalue weighted by molar-refractivity contribution is 7.99. The minimum Gasteiger partial charge on any atom is -0.326 e. The number of carbonyl (C=O) groups is 1. The number of anilines is 2. The van der Waals surface area contributed by atoms with E-state index in [4.69, 9.17) is 0 Å². The van der Waals surface area contributed by atoms with Crippen molar-refractivity contribution in [1.29, 1.82) is 0 Å². The standard InChI is InChI=1S/C16H23N3O3S2/c1-12-3-4-13(9-15(12)19-6-2-8-24(19,21)22)18-16(20)10-14-11-23-7-5-17-14/h3-4,9,14,17H,2,5-8,10-11H2,1H3,(H,18,20). The van der Waals surface area contributed by atoms with E-state index >= 15 is 0 Å². The third kappa shape index (κ3) is 4.04. The SMILES string of the molecule is Cc1ccc(NC(=O)CC2CSCCN2)cc1N1CCCS1(=O)=O. The minimum atomic E-state index is -3.22. The molecule has 1 unspecified atom stereocenters. The van der Waals surface area contributed by atoms with Gasteiger partial charge in [-0.15, -0.1) is 0 Å². The highest BCUT2D eigenvalue weighted by Crippen LogP contribution is 2.30. The lowest BCUT2D eigenvalue weighted by molar-refractivity contribution is -0.116. The number of carbonyl (C=O) groups excluding carboxylic acids is 1. The van der Waals surface area contributed by atoms with E-state index in [0.717, 1.165) is 23.6 Å². The summed E-state index contributed by atoms with van der Waals surface area (Å²) in [7, 11) is -3.22. The van der Waals surface area contributed by atoms with Crippen LogP contribution in [0.5, 0.6) is 0 Å². The monoisotopic (exact) mass is 369 g/mol. The Hall–Kier alpha value is -1.25. The van der Waals surface area contributed by atoms with Crippen LogP contribution in [0.1, 0.15) is 18.4 Å². The molecule has 2 fully saturated rings. The number of hydrogen-bond acceptors (Lipinski definition) is 5. The van der Waals surface area contributed by atoms with E-state index in [1.165, 1.54) is 4.31 Å². The number of amides is 1. The lowest BCUT2D eigenvalue weighted by Gasteiger charge is -2.23. The summed E-state index contributed by atoms with van der Waals surface area (Å²) in [4.78, 5) is 12.2. The Kier molecular flexibility index (Phi) is 5.36. The van der Waals surface area contributed by atoms with Crippen LogP contribution in [0.3, 0.4) is 0 Å². The van der Waals surface area contributed by atoms with Gasteiger partial charge in [0, 0.05) is 42.7 Å². The van der Waals surface area contributed by atoms with E-state index in [0.29, 0.717) is 30.8 Å². The molecule has 6 nitrogen and oxygen atoms in total. The Morgan fingerprint density at radius 2 is 2.29 bits per heavy atom. The number of aryl methyl sites for hydroxylation is 1. The fourth-order valence-electron chi connectivity index (χ4n) is 3.05. The van der Waals surface area contributed by atoms with E-state index in [1.807, 2.05) is 30.8 Å². The molecule has 0 bridgehead atoms. The molecule has 132 valence electrons. The second-order valence-electron chi connectivity index (χ2n) is 6.22. The number of thioether (sulfide) groups is 1. The summed E-state index contributed by atoms with van der Waals surface area (Å²) in [6.07, 6.45) is 1.07. The van der Waals surface area contributed by atoms with Gasteiger partial charge < -0.3 is 10.6 Å². The molecule has 1 atom stereocenters. The number of sulfonamides is 1. The predicted molar refractivity (Wildman–Crippen MR) is 99.3 cm³/mol. The van der Waals surface area contributed by atoms with E-state index in [2.05, 4.69) is 10.6 Å². The minimum absolute atomic E-state index is 0.0471. The maximum Gasteiger partial charge on any atom is 0.235 e. The highest BCUT2D eigenvalue weighted by Gasteiger charge is 2.29. The van der Waals surface area contributed by atoms with Crippen molar-refractivity contribution in [3.63, 3.8) is 0 Å². The Bertz CT molecular complexity index is 715. The van der Waals surface area contributed by atoms with Gasteiger partial charge in [0.1, 0.15) is 0 Å². The van der Waals surface area contributed by atoms with Gasteiger partial charge >= 0.3 is 0 Å². The van der Waals surface area contributed by atoms with Crippen molar-refractivity contribution in [2.75, 3.05) is 40.0 Å². The Morgan fingerprint density at radius 1 is 1.46 bits per heavy atom. The molecule has 0 aliphatic carbocycles. The second kappa shape index (κ2) is 7.33. The molecule has 8 heteroatoms. The van der Waals surface area contributed by atoms with Gasteiger partial charge in [0.25, 0.3) is 0 Å². The third-order valence-corrected chi connectivity index (χ3v) is 7.28. The van der Waals surface area contributed by atoms with Crippen molar-refractivity contribution in [3.05, 3.63) is 23.8 Å². The van der Waals surface area contributed by atoms with Crippen LogP contribution in [0.4, 0.5) is 11.4 Å². The van der Waals surface area contributed by atoms with Gasteiger partial charge in [-0.05, 0) is 31.0 Å². The largest absolute Gasteiger partial charge is 0.326 e. The van der Waals surface area contributed by atoms with Crippen molar-refractivity contribution < 1.29 is 13.2 Å². The summed E-state index contributed by atoms with van der Waals surface area (Å²) in [5, 5.41) is 6.24. The maximum atomic E-state index is 12.2. The van der Waals surface area contributed by atoms with Gasteiger partial charge in [-0.3, -0.25) is 9.10 Å². The molecule has 2 N–H and O–H groups in total. The number of rotatable bonds is 4. The predicted octanol–water partition coefficient (Wildman–Crippen LogP) is 1.57. The van der Waals surface area contributed by atoms with Crippen LogP contribution in [0.15, 0.2) is 18.2 Å². The van der Waals surface area contributed by atoms with Crippen LogP contribution in [0.25, 0.3) is 0 Å². The van der Waals surface area contributed by atoms with E-state index in [1.54, 1.807) is 6.07 Å². The summed E-state index contributed by atoms with van der Waals surface area (Å²) in [5.74, 6) is 2.17. The van der Waals surface area contributed by atoms with E-state index in [9.17, 15) is 13.2 Å². The van der Waals surface area contributed by atoms with Crippen LogP contribution in [-0.2, 0) is 14.8 Å². The molecular weight excluding hydrogens is 346 g/mol. The number of benzene rings is 1. The molecule has 1 aromatic rings.